The van der Waals surface area contributed by atoms with Gasteiger partial charge in [-0.15, -0.1) is 0 Å². The van der Waals surface area contributed by atoms with Crippen LogP contribution in [-0.2, 0) is 20.8 Å². The molecule has 0 aliphatic carbocycles. The lowest BCUT2D eigenvalue weighted by Crippen LogP contribution is -2.38. The predicted octanol–water partition coefficient (Wildman–Crippen LogP) is 3.08. The molecular formula is C23H30N2O6. The van der Waals surface area contributed by atoms with Crippen molar-refractivity contribution in [2.75, 3.05) is 0 Å². The number of carbonyl (C=O) groups excluding carboxylic acids is 4. The zero-order chi connectivity index (χ0) is 22.8. The van der Waals surface area contributed by atoms with E-state index in [1.807, 2.05) is 6.07 Å². The normalized spacial score (nSPS) is 13.8. The van der Waals surface area contributed by atoms with E-state index in [4.69, 9.17) is 5.11 Å². The molecule has 0 bridgehead atoms. The van der Waals surface area contributed by atoms with E-state index < -0.39 is 17.9 Å². The van der Waals surface area contributed by atoms with Crippen LogP contribution < -0.4 is 5.32 Å². The zero-order valence-electron chi connectivity index (χ0n) is 17.9. The van der Waals surface area contributed by atoms with Crippen LogP contribution in [0.4, 0.5) is 0 Å². The summed E-state index contributed by atoms with van der Waals surface area (Å²) in [5.74, 6) is -1.87. The van der Waals surface area contributed by atoms with Crippen molar-refractivity contribution in [1.29, 1.82) is 0 Å². The van der Waals surface area contributed by atoms with Crippen LogP contribution in [-0.4, -0.2) is 46.1 Å². The van der Waals surface area contributed by atoms with Crippen molar-refractivity contribution in [1.82, 2.24) is 10.2 Å². The Kier molecular flexibility index (Phi) is 9.37. The van der Waals surface area contributed by atoms with E-state index in [0.29, 0.717) is 30.4 Å². The van der Waals surface area contributed by atoms with E-state index in [-0.39, 0.29) is 31.1 Å². The van der Waals surface area contributed by atoms with Crippen LogP contribution in [0.25, 0.3) is 0 Å². The van der Waals surface area contributed by atoms with E-state index in [1.54, 1.807) is 19.1 Å². The molecule has 2 rings (SSSR count). The van der Waals surface area contributed by atoms with E-state index >= 15 is 0 Å². The zero-order valence-corrected chi connectivity index (χ0v) is 17.9. The van der Waals surface area contributed by atoms with Gasteiger partial charge in [-0.3, -0.25) is 34.2 Å². The number of amides is 4. The lowest BCUT2D eigenvalue weighted by atomic mass is 9.97. The molecule has 1 heterocycles. The second-order valence-electron chi connectivity index (χ2n) is 7.91. The fraction of sp³-hybridized carbons (Fsp3) is 0.522. The Labute approximate surface area is 182 Å². The third-order valence-electron chi connectivity index (χ3n) is 5.57. The van der Waals surface area contributed by atoms with Gasteiger partial charge >= 0.3 is 5.97 Å². The first-order valence-corrected chi connectivity index (χ1v) is 10.8. The van der Waals surface area contributed by atoms with Crippen LogP contribution in [0.3, 0.4) is 0 Å². The van der Waals surface area contributed by atoms with Crippen molar-refractivity contribution in [3.63, 3.8) is 0 Å². The summed E-state index contributed by atoms with van der Waals surface area (Å²) in [6.07, 6.45) is 7.01. The van der Waals surface area contributed by atoms with Crippen LogP contribution in [0.15, 0.2) is 18.2 Å². The second-order valence-corrected chi connectivity index (χ2v) is 7.91. The number of nitrogens with zero attached hydrogens (tertiary/aromatic N) is 1. The number of benzene rings is 1. The Morgan fingerprint density at radius 1 is 1.03 bits per heavy atom. The van der Waals surface area contributed by atoms with Crippen molar-refractivity contribution in [2.24, 2.45) is 0 Å². The number of hydrogen-bond acceptors (Lipinski definition) is 5. The molecular weight excluding hydrogens is 400 g/mol. The maximum absolute atomic E-state index is 13.0. The number of unbranched alkanes of at least 4 members (excludes halogenated alkanes) is 5. The fourth-order valence-electron chi connectivity index (χ4n) is 3.89. The highest BCUT2D eigenvalue weighted by Gasteiger charge is 2.39. The van der Waals surface area contributed by atoms with Gasteiger partial charge in [-0.2, -0.15) is 0 Å². The van der Waals surface area contributed by atoms with E-state index in [2.05, 4.69) is 5.32 Å². The lowest BCUT2D eigenvalue weighted by molar-refractivity contribution is -0.137. The molecule has 8 nitrogen and oxygen atoms in total. The highest BCUT2D eigenvalue weighted by molar-refractivity contribution is 6.22. The number of carbonyl (C=O) groups is 5. The molecule has 31 heavy (non-hydrogen) atoms. The minimum Gasteiger partial charge on any atom is -0.481 e. The van der Waals surface area contributed by atoms with Crippen molar-refractivity contribution in [3.05, 3.63) is 34.9 Å². The summed E-state index contributed by atoms with van der Waals surface area (Å²) in [7, 11) is 0. The maximum Gasteiger partial charge on any atom is 0.303 e. The Morgan fingerprint density at radius 3 is 2.39 bits per heavy atom. The Hall–Kier alpha value is -3.03. The van der Waals surface area contributed by atoms with Gasteiger partial charge < -0.3 is 5.11 Å². The molecule has 1 unspecified atom stereocenters. The minimum absolute atomic E-state index is 0.0482. The molecule has 0 saturated carbocycles. The Balaban J connectivity index is 1.89. The summed E-state index contributed by atoms with van der Waals surface area (Å²) in [6.45, 7) is 1.72. The summed E-state index contributed by atoms with van der Waals surface area (Å²) >= 11 is 0. The minimum atomic E-state index is -0.760. The molecule has 0 fully saturated rings. The third kappa shape index (κ3) is 6.73. The van der Waals surface area contributed by atoms with Crippen LogP contribution >= 0.6 is 0 Å². The number of carboxylic acids is 1. The molecule has 0 spiro atoms. The van der Waals surface area contributed by atoms with E-state index in [1.165, 1.54) is 4.90 Å². The molecule has 168 valence electrons. The van der Waals surface area contributed by atoms with Crippen LogP contribution in [0.1, 0.15) is 91.0 Å². The third-order valence-corrected chi connectivity index (χ3v) is 5.57. The maximum atomic E-state index is 13.0. The fourth-order valence-corrected chi connectivity index (χ4v) is 3.89. The molecule has 1 aromatic rings. The van der Waals surface area contributed by atoms with Gasteiger partial charge in [0.05, 0.1) is 11.1 Å². The Morgan fingerprint density at radius 2 is 1.71 bits per heavy atom. The lowest BCUT2D eigenvalue weighted by Gasteiger charge is -2.22. The number of carboxylic acid groups (broad SMARTS) is 1. The van der Waals surface area contributed by atoms with Crippen molar-refractivity contribution in [2.45, 2.75) is 77.2 Å². The van der Waals surface area contributed by atoms with Crippen molar-refractivity contribution < 1.29 is 29.1 Å². The van der Waals surface area contributed by atoms with E-state index in [0.717, 1.165) is 37.7 Å². The van der Waals surface area contributed by atoms with Crippen LogP contribution in [0.5, 0.6) is 0 Å². The first-order chi connectivity index (χ1) is 14.9. The molecule has 4 amide bonds. The number of aliphatic carboxylic acids is 1. The molecule has 1 aliphatic rings. The van der Waals surface area contributed by atoms with Gasteiger partial charge in [0.25, 0.3) is 11.8 Å². The standard InChI is InChI=1S/C23H30N2O6/c1-16(13-14-19(27)24-15-26)25-22(30)18-11-8-10-17(21(18)23(25)31)9-6-4-2-3-5-7-12-20(28)29/h8,10-11,15-16H,2-7,9,12-14H2,1H3,(H,28,29)(H,24,26,27). The number of nitrogens with one attached hydrogen (secondary N) is 1. The number of rotatable bonds is 14. The van der Waals surface area contributed by atoms with Gasteiger partial charge in [0.2, 0.25) is 12.3 Å². The molecule has 1 atom stereocenters. The molecule has 1 aromatic carbocycles. The van der Waals surface area contributed by atoms with Gasteiger partial charge in [-0.1, -0.05) is 37.8 Å². The first-order valence-electron chi connectivity index (χ1n) is 10.8. The van der Waals surface area contributed by atoms with Crippen molar-refractivity contribution >= 4 is 30.1 Å². The van der Waals surface area contributed by atoms with Crippen LogP contribution in [0, 0.1) is 0 Å². The quantitative estimate of drug-likeness (QED) is 0.266. The molecule has 8 heteroatoms. The molecule has 2 N–H and O–H groups in total. The Bertz CT molecular complexity index is 835. The topological polar surface area (TPSA) is 121 Å². The number of imide groups is 2. The van der Waals surface area contributed by atoms with Crippen molar-refractivity contribution in [3.8, 4) is 0 Å². The smallest absolute Gasteiger partial charge is 0.303 e. The average Bonchev–Trinajstić information content (AvgIpc) is 2.99. The molecule has 0 radical (unpaired) electrons. The van der Waals surface area contributed by atoms with Gasteiger partial charge in [0.1, 0.15) is 0 Å². The summed E-state index contributed by atoms with van der Waals surface area (Å²) in [4.78, 5) is 59.4. The molecule has 0 aromatic heterocycles. The second kappa shape index (κ2) is 12.0. The number of fused-ring (bicyclic) bond motifs is 1. The molecule has 1 aliphatic heterocycles. The summed E-state index contributed by atoms with van der Waals surface area (Å²) in [5.41, 5.74) is 1.72. The largest absolute Gasteiger partial charge is 0.481 e. The monoisotopic (exact) mass is 430 g/mol. The van der Waals surface area contributed by atoms with Crippen LogP contribution in [0.2, 0.25) is 0 Å². The van der Waals surface area contributed by atoms with E-state index in [9.17, 15) is 24.0 Å². The summed E-state index contributed by atoms with van der Waals surface area (Å²) in [5, 5.41) is 10.7. The summed E-state index contributed by atoms with van der Waals surface area (Å²) < 4.78 is 0. The predicted molar refractivity (Wildman–Crippen MR) is 114 cm³/mol. The number of aryl methyl sites for hydroxylation is 1. The average molecular weight is 431 g/mol. The SMILES string of the molecule is CC(CCC(=O)NC=O)N1C(=O)c2cccc(CCCCCCCCC(=O)O)c2C1=O. The summed E-state index contributed by atoms with van der Waals surface area (Å²) in [6, 6.07) is 4.87. The highest BCUT2D eigenvalue weighted by atomic mass is 16.4. The highest BCUT2D eigenvalue weighted by Crippen LogP contribution is 2.29. The first kappa shape index (κ1) is 24.2. The number of hydrogen-bond donors (Lipinski definition) is 2. The van der Waals surface area contributed by atoms with Gasteiger partial charge in [-0.25, -0.2) is 0 Å². The molecule has 0 saturated heterocycles. The van der Waals surface area contributed by atoms with Gasteiger partial charge in [-0.05, 0) is 44.2 Å². The van der Waals surface area contributed by atoms with Gasteiger partial charge in [0, 0.05) is 18.9 Å². The van der Waals surface area contributed by atoms with Gasteiger partial charge in [0.15, 0.2) is 0 Å².